The van der Waals surface area contributed by atoms with Crippen LogP contribution in [-0.2, 0) is 4.79 Å². The molecule has 5 heteroatoms. The maximum absolute atomic E-state index is 10.7. The normalized spacial score (nSPS) is 10.6. The first-order valence-electron chi connectivity index (χ1n) is 3.74. The maximum atomic E-state index is 10.7. The van der Waals surface area contributed by atoms with Gasteiger partial charge in [0.15, 0.2) is 0 Å². The lowest BCUT2D eigenvalue weighted by atomic mass is 10.5. The van der Waals surface area contributed by atoms with Crippen molar-refractivity contribution in [2.24, 2.45) is 4.99 Å². The molecule has 0 aliphatic carbocycles. The number of allylic oxidation sites excluding steroid dienone is 1. The third-order valence-electron chi connectivity index (χ3n) is 0.974. The van der Waals surface area contributed by atoms with Gasteiger partial charge in [0.2, 0.25) is 5.91 Å². The molecule has 0 saturated heterocycles. The minimum Gasteiger partial charge on any atom is -0.310 e. The molecule has 1 amide bonds. The molecule has 74 valence electrons. The Labute approximate surface area is 91.1 Å². The molecule has 0 rings (SSSR count). The Bertz CT molecular complexity index is 347. The molecule has 0 heterocycles. The van der Waals surface area contributed by atoms with Gasteiger partial charge in [-0.05, 0) is 22.9 Å². The number of amides is 1. The third-order valence-corrected chi connectivity index (χ3v) is 1.18. The molecule has 0 aromatic heterocycles. The molecule has 0 radical (unpaired) electrons. The molecule has 0 aromatic rings. The Morgan fingerprint density at radius 3 is 2.71 bits per heavy atom. The van der Waals surface area contributed by atoms with Crippen LogP contribution in [0.25, 0.3) is 0 Å². The highest BCUT2D eigenvalue weighted by molar-refractivity contribution is 9.19. The predicted molar refractivity (Wildman–Crippen MR) is 60.5 cm³/mol. The summed E-state index contributed by atoms with van der Waals surface area (Å²) in [4.78, 5) is 14.6. The van der Waals surface area contributed by atoms with E-state index in [1.54, 1.807) is 6.92 Å². The maximum Gasteiger partial charge on any atom is 0.222 e. The fourth-order valence-electron chi connectivity index (χ4n) is 0.553. The lowest BCUT2D eigenvalue weighted by molar-refractivity contribution is -0.118. The second-order valence-electron chi connectivity index (χ2n) is 2.21. The van der Waals surface area contributed by atoms with Crippen LogP contribution in [0.4, 0.5) is 0 Å². The Kier molecular flexibility index (Phi) is 6.33. The lowest BCUT2D eigenvalue weighted by Gasteiger charge is -1.98. The SMILES string of the molecule is CC#C/C=C(/N=C\C(=N)Br)NC(C)=O. The van der Waals surface area contributed by atoms with Crippen LogP contribution < -0.4 is 5.32 Å². The van der Waals surface area contributed by atoms with Crippen molar-refractivity contribution in [1.29, 1.82) is 5.41 Å². The van der Waals surface area contributed by atoms with Crippen molar-refractivity contribution in [2.75, 3.05) is 0 Å². The Hall–Kier alpha value is -1.41. The fraction of sp³-hybridized carbons (Fsp3) is 0.222. The van der Waals surface area contributed by atoms with Gasteiger partial charge in [-0.15, -0.1) is 5.92 Å². The molecule has 0 aliphatic heterocycles. The Morgan fingerprint density at radius 1 is 1.64 bits per heavy atom. The zero-order valence-corrected chi connectivity index (χ0v) is 9.47. The van der Waals surface area contributed by atoms with Crippen LogP contribution in [0.15, 0.2) is 16.9 Å². The van der Waals surface area contributed by atoms with E-state index in [2.05, 4.69) is 38.1 Å². The van der Waals surface area contributed by atoms with Gasteiger partial charge in [-0.1, -0.05) is 5.92 Å². The lowest BCUT2D eigenvalue weighted by Crippen LogP contribution is -2.18. The van der Waals surface area contributed by atoms with E-state index in [4.69, 9.17) is 5.41 Å². The first-order valence-corrected chi connectivity index (χ1v) is 4.53. The molecular weight excluding hydrogens is 246 g/mol. The van der Waals surface area contributed by atoms with Crippen LogP contribution in [0.1, 0.15) is 13.8 Å². The number of rotatable bonds is 3. The monoisotopic (exact) mass is 255 g/mol. The number of carbonyl (C=O) groups excluding carboxylic acids is 1. The summed E-state index contributed by atoms with van der Waals surface area (Å²) < 4.78 is 0.123. The molecule has 0 aliphatic rings. The first kappa shape index (κ1) is 12.6. The van der Waals surface area contributed by atoms with Crippen LogP contribution in [0, 0.1) is 17.3 Å². The quantitative estimate of drug-likeness (QED) is 0.582. The van der Waals surface area contributed by atoms with Crippen molar-refractivity contribution < 1.29 is 4.79 Å². The predicted octanol–water partition coefficient (Wildman–Crippen LogP) is 1.43. The third kappa shape index (κ3) is 7.25. The standard InChI is InChI=1S/C9H10BrN3O/c1-3-4-5-9(13-7(2)14)12-6-8(10)11/h5-6,11H,1-2H3,(H,13,14)/b9-5-,11-8?,12-6-. The van der Waals surface area contributed by atoms with E-state index in [0.717, 1.165) is 0 Å². The molecule has 0 unspecified atom stereocenters. The number of nitrogens with one attached hydrogen (secondary N) is 2. The van der Waals surface area contributed by atoms with Crippen LogP contribution in [0.5, 0.6) is 0 Å². The molecule has 0 atom stereocenters. The Morgan fingerprint density at radius 2 is 2.29 bits per heavy atom. The minimum absolute atomic E-state index is 0.123. The summed E-state index contributed by atoms with van der Waals surface area (Å²) >= 11 is 2.90. The summed E-state index contributed by atoms with van der Waals surface area (Å²) in [6.45, 7) is 3.06. The number of carbonyl (C=O) groups is 1. The number of hydrogen-bond donors (Lipinski definition) is 2. The molecule has 0 saturated carbocycles. The number of nitrogens with zero attached hydrogens (tertiary/aromatic N) is 1. The highest BCUT2D eigenvalue weighted by atomic mass is 79.9. The van der Waals surface area contributed by atoms with Gasteiger partial charge >= 0.3 is 0 Å². The van der Waals surface area contributed by atoms with Crippen molar-refractivity contribution in [3.05, 3.63) is 11.9 Å². The average Bonchev–Trinajstić information content (AvgIpc) is 2.09. The Balaban J connectivity index is 4.61. The van der Waals surface area contributed by atoms with E-state index in [0.29, 0.717) is 5.82 Å². The van der Waals surface area contributed by atoms with Gasteiger partial charge in [0.25, 0.3) is 0 Å². The summed E-state index contributed by atoms with van der Waals surface area (Å²) in [5.41, 5.74) is 0. The van der Waals surface area contributed by atoms with E-state index < -0.39 is 0 Å². The van der Waals surface area contributed by atoms with Gasteiger partial charge in [0, 0.05) is 13.0 Å². The van der Waals surface area contributed by atoms with Gasteiger partial charge in [-0.2, -0.15) is 0 Å². The molecule has 2 N–H and O–H groups in total. The van der Waals surface area contributed by atoms with Crippen LogP contribution in [0.2, 0.25) is 0 Å². The molecule has 14 heavy (non-hydrogen) atoms. The van der Waals surface area contributed by atoms with Crippen LogP contribution in [-0.4, -0.2) is 16.7 Å². The second-order valence-corrected chi connectivity index (χ2v) is 3.07. The average molecular weight is 256 g/mol. The molecular formula is C9H10BrN3O. The smallest absolute Gasteiger partial charge is 0.222 e. The van der Waals surface area contributed by atoms with Gasteiger partial charge in [-0.25, -0.2) is 4.99 Å². The van der Waals surface area contributed by atoms with E-state index >= 15 is 0 Å². The minimum atomic E-state index is -0.229. The molecule has 0 bridgehead atoms. The molecule has 4 nitrogen and oxygen atoms in total. The van der Waals surface area contributed by atoms with Gasteiger partial charge in [-0.3, -0.25) is 10.2 Å². The van der Waals surface area contributed by atoms with Crippen LogP contribution in [0.3, 0.4) is 0 Å². The van der Waals surface area contributed by atoms with E-state index in [1.807, 2.05) is 0 Å². The first-order chi connectivity index (χ1) is 6.56. The zero-order valence-electron chi connectivity index (χ0n) is 7.89. The molecule has 0 aromatic carbocycles. The number of hydrogen-bond acceptors (Lipinski definition) is 3. The van der Waals surface area contributed by atoms with E-state index in [9.17, 15) is 4.79 Å². The van der Waals surface area contributed by atoms with Crippen molar-refractivity contribution in [1.82, 2.24) is 5.32 Å². The summed E-state index contributed by atoms with van der Waals surface area (Å²) in [5.74, 6) is 5.38. The molecule has 0 fully saturated rings. The van der Waals surface area contributed by atoms with Crippen LogP contribution >= 0.6 is 15.9 Å². The van der Waals surface area contributed by atoms with Crippen molar-refractivity contribution in [3.63, 3.8) is 0 Å². The van der Waals surface area contributed by atoms with Crippen molar-refractivity contribution in [2.45, 2.75) is 13.8 Å². The zero-order chi connectivity index (χ0) is 11.0. The van der Waals surface area contributed by atoms with E-state index in [-0.39, 0.29) is 10.5 Å². The second kappa shape index (κ2) is 7.04. The number of aliphatic imine (C=N–C) groups is 1. The van der Waals surface area contributed by atoms with Gasteiger partial charge < -0.3 is 5.32 Å². The van der Waals surface area contributed by atoms with Gasteiger partial charge in [0.1, 0.15) is 10.4 Å². The van der Waals surface area contributed by atoms with Crippen molar-refractivity contribution >= 4 is 32.7 Å². The summed E-state index contributed by atoms with van der Waals surface area (Å²) in [6, 6.07) is 0. The largest absolute Gasteiger partial charge is 0.310 e. The van der Waals surface area contributed by atoms with Gasteiger partial charge in [0.05, 0.1) is 6.21 Å². The highest BCUT2D eigenvalue weighted by Crippen LogP contribution is 1.91. The fourth-order valence-corrected chi connectivity index (χ4v) is 0.655. The van der Waals surface area contributed by atoms with Crippen molar-refractivity contribution in [3.8, 4) is 11.8 Å². The summed E-state index contributed by atoms with van der Waals surface area (Å²) in [6.07, 6.45) is 2.73. The summed E-state index contributed by atoms with van der Waals surface area (Å²) in [5, 5.41) is 9.51. The molecule has 0 spiro atoms. The summed E-state index contributed by atoms with van der Waals surface area (Å²) in [7, 11) is 0. The van der Waals surface area contributed by atoms with E-state index in [1.165, 1.54) is 19.2 Å². The number of halogens is 1. The highest BCUT2D eigenvalue weighted by Gasteiger charge is 1.94. The topological polar surface area (TPSA) is 65.3 Å².